The number of hydrogen-bond acceptors (Lipinski definition) is 4. The third-order valence-electron chi connectivity index (χ3n) is 3.54. The summed E-state index contributed by atoms with van der Waals surface area (Å²) in [4.78, 5) is 2.49. The van der Waals surface area contributed by atoms with Crippen LogP contribution in [0.25, 0.3) is 0 Å². The summed E-state index contributed by atoms with van der Waals surface area (Å²) in [5.74, 6) is 0. The number of rotatable bonds is 3. The number of hydrogen-bond donors (Lipinski definition) is 2. The molecular weight excluding hydrogens is 262 g/mol. The minimum absolute atomic E-state index is 0.0158. The lowest BCUT2D eigenvalue weighted by molar-refractivity contribution is 0.248. The molecule has 0 aliphatic carbocycles. The van der Waals surface area contributed by atoms with Gasteiger partial charge in [-0.3, -0.25) is 0 Å². The Hall–Kier alpha value is -1.11. The van der Waals surface area contributed by atoms with Gasteiger partial charge in [-0.2, -0.15) is 0 Å². The van der Waals surface area contributed by atoms with Crippen molar-refractivity contribution in [1.82, 2.24) is 9.62 Å². The maximum absolute atomic E-state index is 12.4. The molecule has 1 saturated heterocycles. The van der Waals surface area contributed by atoms with E-state index < -0.39 is 10.0 Å². The van der Waals surface area contributed by atoms with Gasteiger partial charge in [0, 0.05) is 11.7 Å². The number of nitrogen functional groups attached to an aromatic ring is 1. The second-order valence-electron chi connectivity index (χ2n) is 5.22. The van der Waals surface area contributed by atoms with Gasteiger partial charge in [0.1, 0.15) is 0 Å². The third-order valence-corrected chi connectivity index (χ3v) is 5.20. The Balaban J connectivity index is 2.16. The van der Waals surface area contributed by atoms with Gasteiger partial charge in [-0.15, -0.1) is 0 Å². The molecule has 3 N–H and O–H groups in total. The van der Waals surface area contributed by atoms with Crippen LogP contribution < -0.4 is 10.5 Å². The molecule has 1 aromatic carbocycles. The van der Waals surface area contributed by atoms with Crippen LogP contribution in [0.5, 0.6) is 0 Å². The van der Waals surface area contributed by atoms with Crippen LogP contribution in [-0.4, -0.2) is 39.5 Å². The zero-order chi connectivity index (χ0) is 14.0. The zero-order valence-corrected chi connectivity index (χ0v) is 12.2. The molecule has 1 aliphatic heterocycles. The van der Waals surface area contributed by atoms with Gasteiger partial charge >= 0.3 is 0 Å². The van der Waals surface area contributed by atoms with Gasteiger partial charge in [-0.25, -0.2) is 13.1 Å². The van der Waals surface area contributed by atoms with Crippen LogP contribution in [0.4, 0.5) is 5.69 Å². The highest BCUT2D eigenvalue weighted by atomic mass is 32.2. The minimum atomic E-state index is -3.48. The van der Waals surface area contributed by atoms with Crippen molar-refractivity contribution in [2.45, 2.75) is 30.7 Å². The van der Waals surface area contributed by atoms with E-state index in [4.69, 9.17) is 5.73 Å². The van der Waals surface area contributed by atoms with Gasteiger partial charge in [0.2, 0.25) is 10.0 Å². The number of benzene rings is 1. The SMILES string of the molecule is Cc1ccc(N)cc1S(=O)(=O)NC1CCN(C)CC1. The van der Waals surface area contributed by atoms with Crippen LogP contribution in [0.15, 0.2) is 23.1 Å². The smallest absolute Gasteiger partial charge is 0.241 e. The lowest BCUT2D eigenvalue weighted by Gasteiger charge is -2.29. The van der Waals surface area contributed by atoms with E-state index in [9.17, 15) is 8.42 Å². The van der Waals surface area contributed by atoms with Crippen molar-refractivity contribution in [2.75, 3.05) is 25.9 Å². The fourth-order valence-electron chi connectivity index (χ4n) is 2.32. The zero-order valence-electron chi connectivity index (χ0n) is 11.4. The molecule has 5 nitrogen and oxygen atoms in total. The second-order valence-corrected chi connectivity index (χ2v) is 6.91. The number of likely N-dealkylation sites (tertiary alicyclic amines) is 1. The lowest BCUT2D eigenvalue weighted by atomic mass is 10.1. The molecule has 0 amide bonds. The first kappa shape index (κ1) is 14.3. The summed E-state index contributed by atoms with van der Waals surface area (Å²) in [6.45, 7) is 3.62. The Morgan fingerprint density at radius 1 is 1.32 bits per heavy atom. The molecule has 0 bridgehead atoms. The molecule has 6 heteroatoms. The Labute approximate surface area is 114 Å². The summed E-state index contributed by atoms with van der Waals surface area (Å²) in [5, 5.41) is 0. The normalized spacial score (nSPS) is 18.6. The largest absolute Gasteiger partial charge is 0.399 e. The Bertz CT molecular complexity index is 549. The first-order chi connectivity index (χ1) is 8.88. The highest BCUT2D eigenvalue weighted by Crippen LogP contribution is 2.20. The van der Waals surface area contributed by atoms with Crippen molar-refractivity contribution < 1.29 is 8.42 Å². The van der Waals surface area contributed by atoms with Crippen molar-refractivity contribution in [3.63, 3.8) is 0 Å². The molecule has 0 spiro atoms. The Morgan fingerprint density at radius 3 is 2.58 bits per heavy atom. The number of anilines is 1. The standard InChI is InChI=1S/C13H21N3O2S/c1-10-3-4-11(14)9-13(10)19(17,18)15-12-5-7-16(2)8-6-12/h3-4,9,12,15H,5-8,14H2,1-2H3. The third kappa shape index (κ3) is 3.46. The average Bonchev–Trinajstić information content (AvgIpc) is 2.35. The van der Waals surface area contributed by atoms with Crippen LogP contribution in [0.3, 0.4) is 0 Å². The van der Waals surface area contributed by atoms with E-state index in [-0.39, 0.29) is 10.9 Å². The molecule has 0 radical (unpaired) electrons. The van der Waals surface area contributed by atoms with Gasteiger partial charge in [-0.05, 0) is 57.6 Å². The van der Waals surface area contributed by atoms with Gasteiger partial charge in [0.05, 0.1) is 4.90 Å². The van der Waals surface area contributed by atoms with Crippen LogP contribution in [0, 0.1) is 6.92 Å². The highest BCUT2D eigenvalue weighted by Gasteiger charge is 2.24. The van der Waals surface area contributed by atoms with E-state index in [1.165, 1.54) is 6.07 Å². The van der Waals surface area contributed by atoms with Gasteiger partial charge < -0.3 is 10.6 Å². The molecule has 0 atom stereocenters. The monoisotopic (exact) mass is 283 g/mol. The quantitative estimate of drug-likeness (QED) is 0.810. The van der Waals surface area contributed by atoms with Crippen molar-refractivity contribution in [3.05, 3.63) is 23.8 Å². The predicted octanol–water partition coefficient (Wildman–Crippen LogP) is 0.950. The number of piperidine rings is 1. The van der Waals surface area contributed by atoms with E-state index in [2.05, 4.69) is 9.62 Å². The van der Waals surface area contributed by atoms with Gasteiger partial charge in [-0.1, -0.05) is 6.07 Å². The van der Waals surface area contributed by atoms with Crippen molar-refractivity contribution in [1.29, 1.82) is 0 Å². The number of nitrogens with one attached hydrogen (secondary N) is 1. The first-order valence-corrected chi connectivity index (χ1v) is 7.94. The molecule has 19 heavy (non-hydrogen) atoms. The summed E-state index contributed by atoms with van der Waals surface area (Å²) in [6, 6.07) is 4.98. The van der Waals surface area contributed by atoms with E-state index in [0.29, 0.717) is 5.69 Å². The predicted molar refractivity (Wildman–Crippen MR) is 76.4 cm³/mol. The van der Waals surface area contributed by atoms with E-state index in [1.54, 1.807) is 19.1 Å². The summed E-state index contributed by atoms with van der Waals surface area (Å²) in [5.41, 5.74) is 6.86. The number of aryl methyl sites for hydroxylation is 1. The lowest BCUT2D eigenvalue weighted by Crippen LogP contribution is -2.43. The maximum Gasteiger partial charge on any atom is 0.241 e. The number of nitrogens with zero attached hydrogens (tertiary/aromatic N) is 1. The van der Waals surface area contributed by atoms with Crippen LogP contribution in [-0.2, 0) is 10.0 Å². The van der Waals surface area contributed by atoms with Gasteiger partial charge in [0.15, 0.2) is 0 Å². The second kappa shape index (κ2) is 5.48. The molecule has 106 valence electrons. The molecule has 0 saturated carbocycles. The Kier molecular flexibility index (Phi) is 4.13. The average molecular weight is 283 g/mol. The van der Waals surface area contributed by atoms with Crippen LogP contribution >= 0.6 is 0 Å². The van der Waals surface area contributed by atoms with E-state index in [1.807, 2.05) is 7.05 Å². The number of sulfonamides is 1. The van der Waals surface area contributed by atoms with Crippen molar-refractivity contribution >= 4 is 15.7 Å². The summed E-state index contributed by atoms with van der Waals surface area (Å²) >= 11 is 0. The molecule has 1 aliphatic rings. The van der Waals surface area contributed by atoms with Crippen molar-refractivity contribution in [2.24, 2.45) is 0 Å². The molecule has 1 heterocycles. The summed E-state index contributed by atoms with van der Waals surface area (Å²) < 4.78 is 27.5. The van der Waals surface area contributed by atoms with Crippen molar-refractivity contribution in [3.8, 4) is 0 Å². The minimum Gasteiger partial charge on any atom is -0.399 e. The van der Waals surface area contributed by atoms with Crippen LogP contribution in [0.1, 0.15) is 18.4 Å². The Morgan fingerprint density at radius 2 is 1.95 bits per heavy atom. The molecule has 1 aromatic rings. The fourth-order valence-corrected chi connectivity index (χ4v) is 3.90. The number of nitrogens with two attached hydrogens (primary N) is 1. The van der Waals surface area contributed by atoms with E-state index in [0.717, 1.165) is 31.5 Å². The topological polar surface area (TPSA) is 75.4 Å². The van der Waals surface area contributed by atoms with Gasteiger partial charge in [0.25, 0.3) is 0 Å². The molecule has 0 aromatic heterocycles. The molecule has 0 unspecified atom stereocenters. The molecule has 2 rings (SSSR count). The highest BCUT2D eigenvalue weighted by molar-refractivity contribution is 7.89. The summed E-state index contributed by atoms with van der Waals surface area (Å²) in [6.07, 6.45) is 1.69. The first-order valence-electron chi connectivity index (χ1n) is 6.45. The molecular formula is C13H21N3O2S. The molecule has 1 fully saturated rings. The summed E-state index contributed by atoms with van der Waals surface area (Å²) in [7, 11) is -1.43. The van der Waals surface area contributed by atoms with E-state index >= 15 is 0 Å². The fraction of sp³-hybridized carbons (Fsp3) is 0.538. The maximum atomic E-state index is 12.4. The van der Waals surface area contributed by atoms with Crippen LogP contribution in [0.2, 0.25) is 0 Å².